The molecule has 0 radical (unpaired) electrons. The minimum absolute atomic E-state index is 0.0274. The summed E-state index contributed by atoms with van der Waals surface area (Å²) < 4.78 is 23.3. The molecule has 0 heterocycles. The zero-order valence-corrected chi connectivity index (χ0v) is 16.1. The van der Waals surface area contributed by atoms with Crippen molar-refractivity contribution in [2.45, 2.75) is 26.2 Å². The molecule has 0 aliphatic rings. The maximum Gasteiger partial charge on any atom is 0.344 e. The highest BCUT2D eigenvalue weighted by molar-refractivity contribution is 6.31. The average molecular weight is 394 g/mol. The Balaban J connectivity index is 1.75. The molecular formula is C20H21ClFNO4. The highest BCUT2D eigenvalue weighted by Crippen LogP contribution is 2.24. The van der Waals surface area contributed by atoms with Gasteiger partial charge in [0.05, 0.1) is 5.02 Å². The molecule has 0 spiro atoms. The standard InChI is InChI=1S/C20H21ClFNO4/c1-20(2,3)13-4-7-15(8-5-13)26-12-19(25)27-11-18(24)23-14-6-9-17(22)16(21)10-14/h4-10H,11-12H2,1-3H3,(H,23,24). The molecule has 2 aromatic rings. The first-order chi connectivity index (χ1) is 12.6. The van der Waals surface area contributed by atoms with E-state index in [2.05, 4.69) is 26.1 Å². The monoisotopic (exact) mass is 393 g/mol. The second-order valence-electron chi connectivity index (χ2n) is 6.90. The Labute approximate surface area is 162 Å². The van der Waals surface area contributed by atoms with Crippen LogP contribution in [-0.4, -0.2) is 25.1 Å². The summed E-state index contributed by atoms with van der Waals surface area (Å²) in [7, 11) is 0. The van der Waals surface area contributed by atoms with Crippen LogP contribution >= 0.6 is 11.6 Å². The second kappa shape index (κ2) is 8.86. The zero-order chi connectivity index (χ0) is 20.0. The maximum atomic E-state index is 13.1. The first kappa shape index (κ1) is 20.7. The van der Waals surface area contributed by atoms with Gasteiger partial charge in [0, 0.05) is 5.69 Å². The van der Waals surface area contributed by atoms with Crippen molar-refractivity contribution in [3.8, 4) is 5.75 Å². The SMILES string of the molecule is CC(C)(C)c1ccc(OCC(=O)OCC(=O)Nc2ccc(F)c(Cl)c2)cc1. The molecule has 1 amide bonds. The van der Waals surface area contributed by atoms with Gasteiger partial charge in [-0.3, -0.25) is 4.79 Å². The first-order valence-electron chi connectivity index (χ1n) is 8.29. The Kier molecular flexibility index (Phi) is 6.80. The number of rotatable bonds is 6. The summed E-state index contributed by atoms with van der Waals surface area (Å²) in [5.41, 5.74) is 1.48. The first-order valence-corrected chi connectivity index (χ1v) is 8.67. The number of amides is 1. The van der Waals surface area contributed by atoms with Crippen LogP contribution in [0.3, 0.4) is 0 Å². The fourth-order valence-corrected chi connectivity index (χ4v) is 2.33. The van der Waals surface area contributed by atoms with Crippen LogP contribution in [0.2, 0.25) is 5.02 Å². The summed E-state index contributed by atoms with van der Waals surface area (Å²) in [6.45, 7) is 5.51. The van der Waals surface area contributed by atoms with Gasteiger partial charge in [-0.1, -0.05) is 44.5 Å². The fraction of sp³-hybridized carbons (Fsp3) is 0.300. The number of carbonyl (C=O) groups is 2. The van der Waals surface area contributed by atoms with Gasteiger partial charge in [0.15, 0.2) is 13.2 Å². The van der Waals surface area contributed by atoms with Crippen molar-refractivity contribution in [2.24, 2.45) is 0 Å². The maximum absolute atomic E-state index is 13.1. The highest BCUT2D eigenvalue weighted by atomic mass is 35.5. The predicted octanol–water partition coefficient (Wildman–Crippen LogP) is 4.34. The van der Waals surface area contributed by atoms with Gasteiger partial charge in [0.25, 0.3) is 5.91 Å². The zero-order valence-electron chi connectivity index (χ0n) is 15.3. The van der Waals surface area contributed by atoms with Crippen molar-refractivity contribution in [1.82, 2.24) is 0 Å². The van der Waals surface area contributed by atoms with Crippen LogP contribution in [0, 0.1) is 5.82 Å². The van der Waals surface area contributed by atoms with E-state index in [1.165, 1.54) is 12.1 Å². The van der Waals surface area contributed by atoms with Crippen LogP contribution in [0.4, 0.5) is 10.1 Å². The van der Waals surface area contributed by atoms with Crippen molar-refractivity contribution >= 4 is 29.2 Å². The smallest absolute Gasteiger partial charge is 0.344 e. The molecule has 2 rings (SSSR count). The lowest BCUT2D eigenvalue weighted by atomic mass is 9.87. The molecule has 7 heteroatoms. The van der Waals surface area contributed by atoms with Crippen LogP contribution in [-0.2, 0) is 19.7 Å². The molecule has 0 bridgehead atoms. The Morgan fingerprint density at radius 1 is 1.07 bits per heavy atom. The van der Waals surface area contributed by atoms with Crippen LogP contribution in [0.5, 0.6) is 5.75 Å². The molecule has 0 saturated heterocycles. The number of carbonyl (C=O) groups excluding carboxylic acids is 2. The van der Waals surface area contributed by atoms with E-state index in [1.54, 1.807) is 12.1 Å². The van der Waals surface area contributed by atoms with Gasteiger partial charge in [0.2, 0.25) is 0 Å². The third-order valence-corrected chi connectivity index (χ3v) is 3.93. The number of halogens is 2. The predicted molar refractivity (Wildman–Crippen MR) is 102 cm³/mol. The Morgan fingerprint density at radius 3 is 2.33 bits per heavy atom. The summed E-state index contributed by atoms with van der Waals surface area (Å²) in [4.78, 5) is 23.5. The molecule has 5 nitrogen and oxygen atoms in total. The molecule has 1 N–H and O–H groups in total. The van der Waals surface area contributed by atoms with E-state index in [9.17, 15) is 14.0 Å². The topological polar surface area (TPSA) is 64.6 Å². The number of nitrogens with one attached hydrogen (secondary N) is 1. The second-order valence-corrected chi connectivity index (χ2v) is 7.31. The van der Waals surface area contributed by atoms with E-state index < -0.39 is 24.3 Å². The van der Waals surface area contributed by atoms with E-state index in [0.717, 1.165) is 11.6 Å². The molecule has 0 fully saturated rings. The third-order valence-electron chi connectivity index (χ3n) is 3.64. The van der Waals surface area contributed by atoms with Crippen LogP contribution < -0.4 is 10.1 Å². The molecule has 27 heavy (non-hydrogen) atoms. The number of benzene rings is 2. The summed E-state index contributed by atoms with van der Waals surface area (Å²) in [5.74, 6) is -1.30. The van der Waals surface area contributed by atoms with Gasteiger partial charge < -0.3 is 14.8 Å². The van der Waals surface area contributed by atoms with E-state index >= 15 is 0 Å². The van der Waals surface area contributed by atoms with Gasteiger partial charge in [-0.15, -0.1) is 0 Å². The highest BCUT2D eigenvalue weighted by Gasteiger charge is 2.14. The lowest BCUT2D eigenvalue weighted by Crippen LogP contribution is -2.23. The molecule has 0 saturated carbocycles. The lowest BCUT2D eigenvalue weighted by Gasteiger charge is -2.19. The molecule has 2 aromatic carbocycles. The summed E-state index contributed by atoms with van der Waals surface area (Å²) in [5, 5.41) is 2.34. The van der Waals surface area contributed by atoms with Gasteiger partial charge in [0.1, 0.15) is 11.6 Å². The molecule has 0 aliphatic heterocycles. The Morgan fingerprint density at radius 2 is 1.74 bits per heavy atom. The number of esters is 1. The molecule has 0 unspecified atom stereocenters. The summed E-state index contributed by atoms with van der Waals surface area (Å²) in [6, 6.07) is 11.2. The minimum atomic E-state index is -0.679. The summed E-state index contributed by atoms with van der Waals surface area (Å²) in [6.07, 6.45) is 0. The van der Waals surface area contributed by atoms with Crippen LogP contribution in [0.25, 0.3) is 0 Å². The van der Waals surface area contributed by atoms with Crippen LogP contribution in [0.1, 0.15) is 26.3 Å². The number of ether oxygens (including phenoxy) is 2. The molecule has 0 atom stereocenters. The van der Waals surface area contributed by atoms with Gasteiger partial charge in [-0.25, -0.2) is 9.18 Å². The number of anilines is 1. The van der Waals surface area contributed by atoms with Crippen molar-refractivity contribution in [2.75, 3.05) is 18.5 Å². The van der Waals surface area contributed by atoms with Crippen molar-refractivity contribution < 1.29 is 23.5 Å². The van der Waals surface area contributed by atoms with Gasteiger partial charge in [-0.05, 0) is 41.3 Å². The molecule has 0 aliphatic carbocycles. The molecule has 144 valence electrons. The lowest BCUT2D eigenvalue weighted by molar-refractivity contribution is -0.149. The molecular weight excluding hydrogens is 373 g/mol. The largest absolute Gasteiger partial charge is 0.482 e. The van der Waals surface area contributed by atoms with Gasteiger partial charge >= 0.3 is 5.97 Å². The number of hydrogen-bond donors (Lipinski definition) is 1. The Hall–Kier alpha value is -2.60. The molecule has 0 aromatic heterocycles. The normalized spacial score (nSPS) is 11.0. The van der Waals surface area contributed by atoms with Crippen molar-refractivity contribution in [3.63, 3.8) is 0 Å². The third kappa shape index (κ3) is 6.57. The summed E-state index contributed by atoms with van der Waals surface area (Å²) >= 11 is 5.63. The van der Waals surface area contributed by atoms with E-state index in [1.807, 2.05) is 12.1 Å². The average Bonchev–Trinajstić information content (AvgIpc) is 2.61. The van der Waals surface area contributed by atoms with E-state index in [4.69, 9.17) is 21.1 Å². The van der Waals surface area contributed by atoms with Crippen molar-refractivity contribution in [3.05, 3.63) is 58.9 Å². The van der Waals surface area contributed by atoms with E-state index in [0.29, 0.717) is 11.4 Å². The quantitative estimate of drug-likeness (QED) is 0.741. The number of hydrogen-bond acceptors (Lipinski definition) is 4. The minimum Gasteiger partial charge on any atom is -0.482 e. The van der Waals surface area contributed by atoms with Gasteiger partial charge in [-0.2, -0.15) is 0 Å². The van der Waals surface area contributed by atoms with Crippen LogP contribution in [0.15, 0.2) is 42.5 Å². The Bertz CT molecular complexity index is 816. The van der Waals surface area contributed by atoms with E-state index in [-0.39, 0.29) is 17.0 Å². The fourth-order valence-electron chi connectivity index (χ4n) is 2.15. The van der Waals surface area contributed by atoms with Crippen molar-refractivity contribution in [1.29, 1.82) is 0 Å².